The van der Waals surface area contributed by atoms with Gasteiger partial charge in [-0.05, 0) is 81.2 Å². The van der Waals surface area contributed by atoms with E-state index in [1.54, 1.807) is 6.07 Å². The highest BCUT2D eigenvalue weighted by Crippen LogP contribution is 2.28. The third-order valence-corrected chi connectivity index (χ3v) is 7.34. The summed E-state index contributed by atoms with van der Waals surface area (Å²) in [5, 5.41) is 9.62. The Labute approximate surface area is 241 Å². The van der Waals surface area contributed by atoms with Crippen molar-refractivity contribution in [3.8, 4) is 17.5 Å². The highest BCUT2D eigenvalue weighted by Gasteiger charge is 2.19. The number of nitrogens with one attached hydrogen (secondary N) is 3. The Hall–Kier alpha value is -4.08. The van der Waals surface area contributed by atoms with E-state index in [2.05, 4.69) is 30.9 Å². The van der Waals surface area contributed by atoms with Crippen LogP contribution in [0, 0.1) is 5.92 Å². The molecular weight excluding hydrogens is 520 g/mol. The van der Waals surface area contributed by atoms with Crippen molar-refractivity contribution in [2.75, 3.05) is 37.0 Å². The monoisotopic (exact) mass is 560 g/mol. The molecule has 1 aromatic heterocycles. The highest BCUT2D eigenvalue weighted by atomic mass is 16.5. The average molecular weight is 561 g/mol. The first-order valence-corrected chi connectivity index (χ1v) is 14.8. The average Bonchev–Trinajstić information content (AvgIpc) is 3.50. The number of hydrogen-bond acceptors (Lipinski definition) is 9. The zero-order chi connectivity index (χ0) is 28.3. The van der Waals surface area contributed by atoms with E-state index in [1.807, 2.05) is 43.3 Å². The number of nitrogens with zero attached hydrogens (tertiary/aromatic N) is 3. The molecule has 0 spiro atoms. The molecule has 6 rings (SSSR count). The number of amides is 1. The molecule has 1 aliphatic carbocycles. The summed E-state index contributed by atoms with van der Waals surface area (Å²) >= 11 is 0. The molecule has 3 aromatic rings. The van der Waals surface area contributed by atoms with Crippen molar-refractivity contribution in [1.29, 1.82) is 0 Å². The van der Waals surface area contributed by atoms with E-state index in [0.717, 1.165) is 37.0 Å². The SMILES string of the molecule is CCOc1nc2nc(n1)Nc1ccc(C(=O)NCC3CCCC3)c(c1)OCCCCCCOc1ccc(cc1)CN2. The number of ether oxygens (including phenoxy) is 3. The zero-order valence-electron chi connectivity index (χ0n) is 23.8. The highest BCUT2D eigenvalue weighted by molar-refractivity contribution is 5.97. The molecule has 1 saturated carbocycles. The largest absolute Gasteiger partial charge is 0.494 e. The van der Waals surface area contributed by atoms with Crippen LogP contribution < -0.4 is 30.2 Å². The molecule has 3 heterocycles. The molecule has 0 atom stereocenters. The van der Waals surface area contributed by atoms with Gasteiger partial charge in [0.1, 0.15) is 11.5 Å². The molecule has 2 aromatic carbocycles. The van der Waals surface area contributed by atoms with Gasteiger partial charge in [-0.3, -0.25) is 4.79 Å². The van der Waals surface area contributed by atoms with Gasteiger partial charge in [-0.15, -0.1) is 0 Å². The van der Waals surface area contributed by atoms with E-state index in [9.17, 15) is 4.79 Å². The molecule has 41 heavy (non-hydrogen) atoms. The number of rotatable bonds is 5. The minimum Gasteiger partial charge on any atom is -0.494 e. The number of carbonyl (C=O) groups excluding carboxylic acids is 1. The first kappa shape index (κ1) is 28.4. The lowest BCUT2D eigenvalue weighted by Gasteiger charge is -2.16. The molecule has 1 amide bonds. The minimum absolute atomic E-state index is 0.113. The number of anilines is 3. The molecule has 10 heteroatoms. The van der Waals surface area contributed by atoms with Crippen molar-refractivity contribution in [2.24, 2.45) is 5.92 Å². The fourth-order valence-corrected chi connectivity index (χ4v) is 5.08. The Morgan fingerprint density at radius 1 is 0.927 bits per heavy atom. The molecule has 0 radical (unpaired) electrons. The van der Waals surface area contributed by atoms with Gasteiger partial charge in [0.25, 0.3) is 5.91 Å². The predicted molar refractivity (Wildman–Crippen MR) is 158 cm³/mol. The van der Waals surface area contributed by atoms with Gasteiger partial charge in [0.2, 0.25) is 11.9 Å². The standard InChI is InChI=1S/C31H40N6O4/c1-2-39-31-36-29-33-21-23-11-14-25(15-12-23)40-17-7-3-4-8-18-41-27-19-24(34-30(35-29)37-31)13-16-26(27)28(38)32-20-22-9-5-6-10-22/h11-16,19,22H,2-10,17-18,20-21H2,1H3,(H,32,38)(H2,33,34,35,36,37). The Morgan fingerprint density at radius 2 is 1.68 bits per heavy atom. The summed E-state index contributed by atoms with van der Waals surface area (Å²) < 4.78 is 17.7. The summed E-state index contributed by atoms with van der Waals surface area (Å²) in [4.78, 5) is 26.5. The van der Waals surface area contributed by atoms with E-state index >= 15 is 0 Å². The maximum Gasteiger partial charge on any atom is 0.323 e. The Bertz CT molecular complexity index is 1280. The quantitative estimate of drug-likeness (QED) is 0.351. The second-order valence-electron chi connectivity index (χ2n) is 10.5. The van der Waals surface area contributed by atoms with Crippen molar-refractivity contribution in [2.45, 2.75) is 64.8 Å². The lowest BCUT2D eigenvalue weighted by atomic mass is 10.1. The molecular formula is C31H40N6O4. The van der Waals surface area contributed by atoms with Crippen LogP contribution in [0.5, 0.6) is 17.5 Å². The van der Waals surface area contributed by atoms with Crippen LogP contribution in [0.2, 0.25) is 0 Å². The maximum absolute atomic E-state index is 13.2. The summed E-state index contributed by atoms with van der Waals surface area (Å²) in [5.41, 5.74) is 2.29. The van der Waals surface area contributed by atoms with Gasteiger partial charge in [-0.1, -0.05) is 25.0 Å². The summed E-state index contributed by atoms with van der Waals surface area (Å²) in [6.45, 7) is 4.72. The number of fused-ring (bicyclic) bond motifs is 10. The van der Waals surface area contributed by atoms with Crippen LogP contribution in [0.3, 0.4) is 0 Å². The van der Waals surface area contributed by atoms with Gasteiger partial charge in [0.15, 0.2) is 0 Å². The van der Waals surface area contributed by atoms with Gasteiger partial charge in [-0.2, -0.15) is 15.0 Å². The van der Waals surface area contributed by atoms with Crippen LogP contribution in [0.1, 0.15) is 74.2 Å². The van der Waals surface area contributed by atoms with Crippen molar-refractivity contribution in [1.82, 2.24) is 20.3 Å². The molecule has 3 N–H and O–H groups in total. The molecule has 1 fully saturated rings. The molecule has 6 bridgehead atoms. The van der Waals surface area contributed by atoms with Crippen LogP contribution >= 0.6 is 0 Å². The smallest absolute Gasteiger partial charge is 0.323 e. The van der Waals surface area contributed by atoms with Crippen molar-refractivity contribution in [3.63, 3.8) is 0 Å². The van der Waals surface area contributed by atoms with E-state index in [4.69, 9.17) is 14.2 Å². The zero-order valence-corrected chi connectivity index (χ0v) is 23.8. The first-order chi connectivity index (χ1) is 20.2. The minimum atomic E-state index is -0.113. The Balaban J connectivity index is 1.37. The van der Waals surface area contributed by atoms with Gasteiger partial charge in [-0.25, -0.2) is 0 Å². The lowest BCUT2D eigenvalue weighted by Crippen LogP contribution is -2.28. The fraction of sp³-hybridized carbons (Fsp3) is 0.484. The van der Waals surface area contributed by atoms with Crippen molar-refractivity contribution in [3.05, 3.63) is 53.6 Å². The topological polar surface area (TPSA) is 120 Å². The van der Waals surface area contributed by atoms with E-state index in [-0.39, 0.29) is 11.9 Å². The molecule has 10 nitrogen and oxygen atoms in total. The third-order valence-electron chi connectivity index (χ3n) is 7.34. The number of aromatic nitrogens is 3. The maximum atomic E-state index is 13.2. The molecule has 218 valence electrons. The van der Waals surface area contributed by atoms with Gasteiger partial charge < -0.3 is 30.2 Å². The van der Waals surface area contributed by atoms with Crippen LogP contribution in [0.25, 0.3) is 0 Å². The number of hydrogen-bond donors (Lipinski definition) is 3. The Morgan fingerprint density at radius 3 is 2.46 bits per heavy atom. The molecule has 2 aliphatic heterocycles. The lowest BCUT2D eigenvalue weighted by molar-refractivity contribution is 0.0943. The van der Waals surface area contributed by atoms with E-state index < -0.39 is 0 Å². The van der Waals surface area contributed by atoms with Gasteiger partial charge >= 0.3 is 6.01 Å². The number of benzene rings is 2. The van der Waals surface area contributed by atoms with Crippen LogP contribution in [0.4, 0.5) is 17.6 Å². The first-order valence-electron chi connectivity index (χ1n) is 14.8. The number of carbonyl (C=O) groups is 1. The molecule has 3 aliphatic rings. The molecule has 0 unspecified atom stereocenters. The summed E-state index contributed by atoms with van der Waals surface area (Å²) in [5.74, 6) is 2.54. The third kappa shape index (κ3) is 8.45. The van der Waals surface area contributed by atoms with E-state index in [0.29, 0.717) is 67.7 Å². The van der Waals surface area contributed by atoms with Gasteiger partial charge in [0.05, 0.1) is 25.4 Å². The van der Waals surface area contributed by atoms with Crippen molar-refractivity contribution < 1.29 is 19.0 Å². The van der Waals surface area contributed by atoms with E-state index in [1.165, 1.54) is 25.7 Å². The molecule has 0 saturated heterocycles. The summed E-state index contributed by atoms with van der Waals surface area (Å²) in [7, 11) is 0. The van der Waals surface area contributed by atoms with Crippen LogP contribution in [0.15, 0.2) is 42.5 Å². The predicted octanol–water partition coefficient (Wildman–Crippen LogP) is 5.88. The van der Waals surface area contributed by atoms with Gasteiger partial charge in [0, 0.05) is 24.8 Å². The normalized spacial score (nSPS) is 16.3. The summed E-state index contributed by atoms with van der Waals surface area (Å²) in [6, 6.07) is 13.7. The van der Waals surface area contributed by atoms with Crippen LogP contribution in [-0.2, 0) is 6.54 Å². The Kier molecular flexibility index (Phi) is 10.1. The van der Waals surface area contributed by atoms with Crippen LogP contribution in [-0.4, -0.2) is 47.2 Å². The summed E-state index contributed by atoms with van der Waals surface area (Å²) in [6.07, 6.45) is 8.76. The second-order valence-corrected chi connectivity index (χ2v) is 10.5. The van der Waals surface area contributed by atoms with Crippen molar-refractivity contribution >= 4 is 23.5 Å². The second kappa shape index (κ2) is 14.5. The fourth-order valence-electron chi connectivity index (χ4n) is 5.08.